The van der Waals surface area contributed by atoms with Crippen molar-refractivity contribution in [3.63, 3.8) is 0 Å². The number of aromatic hydroxyl groups is 2. The first-order valence-electron chi connectivity index (χ1n) is 12.8. The molecule has 0 aromatic heterocycles. The molecule has 0 radical (unpaired) electrons. The number of benzene rings is 4. The van der Waals surface area contributed by atoms with Gasteiger partial charge in [-0.3, -0.25) is 9.63 Å². The van der Waals surface area contributed by atoms with Gasteiger partial charge < -0.3 is 15.1 Å². The lowest BCUT2D eigenvalue weighted by Gasteiger charge is -2.05. The largest absolute Gasteiger partial charge is 0.508 e. The Kier molecular flexibility index (Phi) is 15.6. The third-order valence-electron chi connectivity index (χ3n) is 5.77. The summed E-state index contributed by atoms with van der Waals surface area (Å²) in [6.45, 7) is 6.75. The van der Waals surface area contributed by atoms with Crippen LogP contribution in [-0.2, 0) is 22.9 Å². The summed E-state index contributed by atoms with van der Waals surface area (Å²) < 4.78 is 50.8. The van der Waals surface area contributed by atoms with Gasteiger partial charge in [0.1, 0.15) is 41.4 Å². The van der Waals surface area contributed by atoms with E-state index in [2.05, 4.69) is 9.99 Å². The Balaban J connectivity index is 0.000000357. The molecule has 4 aromatic rings. The minimum absolute atomic E-state index is 0. The Morgan fingerprint density at radius 1 is 0.705 bits per heavy atom. The highest BCUT2D eigenvalue weighted by atomic mass is 35.5. The van der Waals surface area contributed by atoms with Gasteiger partial charge in [0, 0.05) is 23.3 Å². The van der Waals surface area contributed by atoms with Gasteiger partial charge in [-0.05, 0) is 86.3 Å². The number of oxime groups is 1. The van der Waals surface area contributed by atoms with E-state index in [0.29, 0.717) is 28.0 Å². The van der Waals surface area contributed by atoms with Crippen LogP contribution in [0.1, 0.15) is 52.0 Å². The van der Waals surface area contributed by atoms with Crippen LogP contribution >= 0.6 is 12.4 Å². The lowest BCUT2D eigenvalue weighted by atomic mass is 10.1. The summed E-state index contributed by atoms with van der Waals surface area (Å²) >= 11 is 0. The molecular formula is C32H33ClF4N2O5. The molecule has 12 heteroatoms. The van der Waals surface area contributed by atoms with Crippen LogP contribution in [0.25, 0.3) is 0 Å². The number of aryl methyl sites for hydroxylation is 2. The van der Waals surface area contributed by atoms with E-state index in [-0.39, 0.29) is 42.9 Å². The maximum Gasteiger partial charge on any atom is 0.159 e. The molecule has 44 heavy (non-hydrogen) atoms. The Hall–Kier alpha value is -4.45. The minimum atomic E-state index is -0.655. The van der Waals surface area contributed by atoms with Crippen molar-refractivity contribution >= 4 is 23.9 Å². The molecule has 0 aliphatic rings. The van der Waals surface area contributed by atoms with Gasteiger partial charge in [0.15, 0.2) is 5.78 Å². The number of hydrogen-bond acceptors (Lipinski definition) is 7. The first kappa shape index (κ1) is 37.6. The number of phenols is 2. The van der Waals surface area contributed by atoms with Crippen LogP contribution in [0, 0.1) is 37.1 Å². The molecule has 0 unspecified atom stereocenters. The number of nitrogens with zero attached hydrogens (tertiary/aromatic N) is 1. The fourth-order valence-electron chi connectivity index (χ4n) is 3.40. The summed E-state index contributed by atoms with van der Waals surface area (Å²) in [5.41, 5.74) is 4.11. The lowest BCUT2D eigenvalue weighted by molar-refractivity contribution is 0.101. The van der Waals surface area contributed by atoms with Crippen LogP contribution < -0.4 is 5.90 Å². The number of ketones is 1. The van der Waals surface area contributed by atoms with Crippen molar-refractivity contribution in [1.29, 1.82) is 0 Å². The van der Waals surface area contributed by atoms with Crippen LogP contribution in [0.15, 0.2) is 78.0 Å². The zero-order valence-electron chi connectivity index (χ0n) is 24.4. The molecule has 0 saturated carbocycles. The molecule has 4 N–H and O–H groups in total. The molecule has 7 nitrogen and oxygen atoms in total. The second kappa shape index (κ2) is 18.3. The molecule has 0 saturated heterocycles. The van der Waals surface area contributed by atoms with E-state index in [0.717, 1.165) is 35.4 Å². The molecule has 0 spiro atoms. The summed E-state index contributed by atoms with van der Waals surface area (Å²) in [4.78, 5) is 20.1. The molecule has 4 aromatic carbocycles. The smallest absolute Gasteiger partial charge is 0.159 e. The van der Waals surface area contributed by atoms with E-state index < -0.39 is 23.3 Å². The number of Topliss-reactive ketones (excluding diaryl/α,β-unsaturated/α-hetero) is 1. The van der Waals surface area contributed by atoms with E-state index >= 15 is 0 Å². The second-order valence-corrected chi connectivity index (χ2v) is 9.38. The molecule has 0 fully saturated rings. The molecule has 0 aliphatic carbocycles. The zero-order valence-corrected chi connectivity index (χ0v) is 25.2. The fourth-order valence-corrected chi connectivity index (χ4v) is 3.40. The van der Waals surface area contributed by atoms with Crippen LogP contribution in [0.2, 0.25) is 0 Å². The van der Waals surface area contributed by atoms with E-state index in [4.69, 9.17) is 10.7 Å². The average Bonchev–Trinajstić information content (AvgIpc) is 2.91. The van der Waals surface area contributed by atoms with Crippen molar-refractivity contribution in [2.45, 2.75) is 40.9 Å². The maximum absolute atomic E-state index is 13.0. The highest BCUT2D eigenvalue weighted by molar-refractivity contribution is 5.98. The highest BCUT2D eigenvalue weighted by Crippen LogP contribution is 2.19. The zero-order chi connectivity index (χ0) is 32.1. The highest BCUT2D eigenvalue weighted by Gasteiger charge is 2.04. The van der Waals surface area contributed by atoms with Crippen molar-refractivity contribution in [2.75, 3.05) is 0 Å². The second-order valence-electron chi connectivity index (χ2n) is 9.38. The van der Waals surface area contributed by atoms with Gasteiger partial charge in [0.25, 0.3) is 0 Å². The number of carbonyl (C=O) groups is 1. The summed E-state index contributed by atoms with van der Waals surface area (Å²) in [5.74, 6) is 2.48. The Bertz CT molecular complexity index is 1540. The molecule has 236 valence electrons. The molecule has 0 heterocycles. The van der Waals surface area contributed by atoms with Crippen LogP contribution in [0.3, 0.4) is 0 Å². The molecule has 0 aliphatic heterocycles. The number of carbonyl (C=O) groups excluding carboxylic acids is 1. The number of nitrogens with two attached hydrogens (primary N) is 1. The van der Waals surface area contributed by atoms with Gasteiger partial charge in [-0.25, -0.2) is 23.5 Å². The van der Waals surface area contributed by atoms with Crippen molar-refractivity contribution in [3.05, 3.63) is 129 Å². The number of hydrogen-bond donors (Lipinski definition) is 3. The summed E-state index contributed by atoms with van der Waals surface area (Å²) in [6.07, 6.45) is 0. The van der Waals surface area contributed by atoms with Crippen molar-refractivity contribution in [1.82, 2.24) is 0 Å². The molecule has 0 amide bonds. The average molecular weight is 637 g/mol. The third kappa shape index (κ3) is 12.8. The van der Waals surface area contributed by atoms with Crippen molar-refractivity contribution in [3.8, 4) is 11.5 Å². The van der Waals surface area contributed by atoms with Crippen LogP contribution in [-0.4, -0.2) is 21.7 Å². The number of rotatable bonds is 7. The predicted molar refractivity (Wildman–Crippen MR) is 162 cm³/mol. The van der Waals surface area contributed by atoms with Crippen LogP contribution in [0.5, 0.6) is 11.5 Å². The Morgan fingerprint density at radius 3 is 1.52 bits per heavy atom. The summed E-state index contributed by atoms with van der Waals surface area (Å²) in [7, 11) is 0. The fraction of sp³-hybridized carbons (Fsp3) is 0.188. The van der Waals surface area contributed by atoms with E-state index in [1.54, 1.807) is 51.1 Å². The van der Waals surface area contributed by atoms with Gasteiger partial charge in [-0.2, -0.15) is 0 Å². The number of halogens is 5. The van der Waals surface area contributed by atoms with E-state index in [1.165, 1.54) is 25.1 Å². The van der Waals surface area contributed by atoms with Gasteiger partial charge in [-0.1, -0.05) is 29.4 Å². The van der Waals surface area contributed by atoms with Gasteiger partial charge >= 0.3 is 0 Å². The Labute approximate surface area is 258 Å². The quantitative estimate of drug-likeness (QED) is 0.0833. The van der Waals surface area contributed by atoms with Crippen molar-refractivity contribution in [2.24, 2.45) is 11.1 Å². The van der Waals surface area contributed by atoms with Gasteiger partial charge in [0.05, 0.1) is 12.3 Å². The lowest BCUT2D eigenvalue weighted by Crippen LogP contribution is -1.99. The monoisotopic (exact) mass is 636 g/mol. The first-order chi connectivity index (χ1) is 20.3. The molecule has 0 atom stereocenters. The predicted octanol–water partition coefficient (Wildman–Crippen LogP) is 7.60. The van der Waals surface area contributed by atoms with Gasteiger partial charge in [-0.15, -0.1) is 12.4 Å². The summed E-state index contributed by atoms with van der Waals surface area (Å²) in [5, 5.41) is 22.7. The topological polar surface area (TPSA) is 114 Å². The minimum Gasteiger partial charge on any atom is -0.508 e. The van der Waals surface area contributed by atoms with E-state index in [9.17, 15) is 32.6 Å². The molecule has 4 rings (SSSR count). The SMILES string of the molecule is C/C(=N\OCc1cc(F)cc(F)c1)c1ccc(C)c(O)c1.CC(=O)c1ccc(C)c(O)c1.Cl.NOCc1cc(F)cc(F)c1. The summed E-state index contributed by atoms with van der Waals surface area (Å²) in [6, 6.07) is 16.4. The standard InChI is InChI=1S/C16H15F2NO2.C9H10O2.C7H7F2NO.ClH/c1-10-3-4-13(7-16(10)20)11(2)19-21-9-12-5-14(17)8-15(18)6-12;1-6-3-4-8(7(2)10)5-9(6)11;8-6-1-5(4-11-10)2-7(9)3-6;/h3-8,20H,9H2,1-2H3;3-5,11H,1-2H3;1-3H,4,10H2;1H/b19-11+;;;. The third-order valence-corrected chi connectivity index (χ3v) is 5.77. The van der Waals surface area contributed by atoms with Crippen LogP contribution in [0.4, 0.5) is 17.6 Å². The maximum atomic E-state index is 13.0. The van der Waals surface area contributed by atoms with Crippen molar-refractivity contribution < 1.29 is 42.2 Å². The first-order valence-corrected chi connectivity index (χ1v) is 12.8. The number of phenolic OH excluding ortho intramolecular Hbond substituents is 2. The van der Waals surface area contributed by atoms with E-state index in [1.807, 2.05) is 0 Å². The Morgan fingerprint density at radius 2 is 1.11 bits per heavy atom. The molecule has 0 bridgehead atoms. The van der Waals surface area contributed by atoms with Gasteiger partial charge in [0.2, 0.25) is 0 Å². The molecular weight excluding hydrogens is 604 g/mol. The normalized spacial score (nSPS) is 10.4.